The number of nitrogens with one attached hydrogen (secondary N) is 1. The van der Waals surface area contributed by atoms with Crippen LogP contribution in [-0.4, -0.2) is 20.7 Å². The second-order valence-corrected chi connectivity index (χ2v) is 7.08. The molecule has 0 saturated carbocycles. The number of aryl methyl sites for hydroxylation is 1. The fourth-order valence-corrected chi connectivity index (χ4v) is 3.75. The lowest BCUT2D eigenvalue weighted by Gasteiger charge is -2.15. The van der Waals surface area contributed by atoms with Crippen molar-refractivity contribution in [2.24, 2.45) is 0 Å². The zero-order chi connectivity index (χ0) is 21.6. The summed E-state index contributed by atoms with van der Waals surface area (Å²) in [5.41, 5.74) is 1.60. The SMILES string of the molecule is O=C(Nc1ccncc1)c1ccc(-n2nc(C(F)(F)F)c3c2-c2ccoc2CC3)cc1. The number of amides is 1. The number of carbonyl (C=O) groups excluding carboxylic acids is 1. The number of hydrogen-bond donors (Lipinski definition) is 1. The number of hydrogen-bond acceptors (Lipinski definition) is 4. The van der Waals surface area contributed by atoms with Crippen LogP contribution in [0.3, 0.4) is 0 Å². The Morgan fingerprint density at radius 1 is 1.03 bits per heavy atom. The van der Waals surface area contributed by atoms with Gasteiger partial charge in [-0.15, -0.1) is 0 Å². The molecule has 1 aromatic carbocycles. The van der Waals surface area contributed by atoms with Crippen LogP contribution in [0.4, 0.5) is 18.9 Å². The Kier molecular flexibility index (Phi) is 4.39. The molecule has 0 radical (unpaired) electrons. The van der Waals surface area contributed by atoms with Gasteiger partial charge in [-0.2, -0.15) is 18.3 Å². The minimum atomic E-state index is -4.57. The van der Waals surface area contributed by atoms with Crippen molar-refractivity contribution in [2.75, 3.05) is 5.32 Å². The molecule has 31 heavy (non-hydrogen) atoms. The fourth-order valence-electron chi connectivity index (χ4n) is 3.75. The smallest absolute Gasteiger partial charge is 0.435 e. The highest BCUT2D eigenvalue weighted by atomic mass is 19.4. The molecule has 6 nitrogen and oxygen atoms in total. The van der Waals surface area contributed by atoms with Gasteiger partial charge in [-0.05, 0) is 48.9 Å². The number of nitrogens with zero attached hydrogens (tertiary/aromatic N) is 3. The molecule has 1 N–H and O–H groups in total. The molecule has 1 amide bonds. The van der Waals surface area contributed by atoms with Crippen LogP contribution in [0.1, 0.15) is 27.4 Å². The molecule has 0 spiro atoms. The Bertz CT molecular complexity index is 1260. The van der Waals surface area contributed by atoms with Crippen molar-refractivity contribution in [1.82, 2.24) is 14.8 Å². The summed E-state index contributed by atoms with van der Waals surface area (Å²) in [5.74, 6) is 0.295. The first kappa shape index (κ1) is 19.1. The number of alkyl halides is 3. The first-order valence-electron chi connectivity index (χ1n) is 9.49. The molecule has 0 atom stereocenters. The summed E-state index contributed by atoms with van der Waals surface area (Å²) in [5, 5.41) is 6.63. The van der Waals surface area contributed by atoms with E-state index in [1.807, 2.05) is 0 Å². The Hall–Kier alpha value is -3.88. The molecule has 0 bridgehead atoms. The zero-order valence-electron chi connectivity index (χ0n) is 16.0. The molecule has 4 aromatic rings. The van der Waals surface area contributed by atoms with Crippen LogP contribution >= 0.6 is 0 Å². The maximum atomic E-state index is 13.6. The minimum Gasteiger partial charge on any atom is -0.469 e. The Balaban J connectivity index is 1.53. The van der Waals surface area contributed by atoms with Gasteiger partial charge in [0.15, 0.2) is 5.69 Å². The van der Waals surface area contributed by atoms with Crippen LogP contribution in [-0.2, 0) is 19.0 Å². The van der Waals surface area contributed by atoms with Crippen LogP contribution in [0.25, 0.3) is 16.9 Å². The number of carbonyl (C=O) groups is 1. The molecule has 0 aliphatic heterocycles. The molecular formula is C22H15F3N4O2. The second-order valence-electron chi connectivity index (χ2n) is 7.08. The number of pyridine rings is 1. The second kappa shape index (κ2) is 7.12. The maximum Gasteiger partial charge on any atom is 0.435 e. The zero-order valence-corrected chi connectivity index (χ0v) is 16.0. The summed E-state index contributed by atoms with van der Waals surface area (Å²) in [4.78, 5) is 16.3. The third kappa shape index (κ3) is 3.37. The predicted octanol–water partition coefficient (Wildman–Crippen LogP) is 4.90. The van der Waals surface area contributed by atoms with Gasteiger partial charge < -0.3 is 9.73 Å². The standard InChI is InChI=1S/C22H15F3N4O2/c23-22(24,25)20-17-5-6-18-16(9-12-31-18)19(17)29(28-20)15-3-1-13(2-4-15)21(30)27-14-7-10-26-11-8-14/h1-4,7-12H,5-6H2,(H,26,27,30). The first-order chi connectivity index (χ1) is 14.9. The molecular weight excluding hydrogens is 409 g/mol. The number of aromatic nitrogens is 3. The topological polar surface area (TPSA) is 73.0 Å². The molecule has 156 valence electrons. The van der Waals surface area contributed by atoms with E-state index in [1.54, 1.807) is 54.9 Å². The average Bonchev–Trinajstić information content (AvgIpc) is 3.38. The number of fused-ring (bicyclic) bond motifs is 3. The number of rotatable bonds is 3. The van der Waals surface area contributed by atoms with Crippen LogP contribution in [0.2, 0.25) is 0 Å². The normalized spacial score (nSPS) is 12.9. The lowest BCUT2D eigenvalue weighted by Crippen LogP contribution is -2.12. The molecule has 9 heteroatoms. The summed E-state index contributed by atoms with van der Waals surface area (Å²) in [6.07, 6.45) is 0.594. The van der Waals surface area contributed by atoms with E-state index < -0.39 is 11.9 Å². The van der Waals surface area contributed by atoms with E-state index in [9.17, 15) is 18.0 Å². The van der Waals surface area contributed by atoms with Gasteiger partial charge >= 0.3 is 6.18 Å². The number of halogens is 3. The van der Waals surface area contributed by atoms with E-state index >= 15 is 0 Å². The highest BCUT2D eigenvalue weighted by Crippen LogP contribution is 2.42. The van der Waals surface area contributed by atoms with E-state index in [2.05, 4.69) is 15.4 Å². The summed E-state index contributed by atoms with van der Waals surface area (Å²) in [7, 11) is 0. The summed E-state index contributed by atoms with van der Waals surface area (Å²) < 4.78 is 47.6. The van der Waals surface area contributed by atoms with Crippen LogP contribution in [0.5, 0.6) is 0 Å². The summed E-state index contributed by atoms with van der Waals surface area (Å²) in [6.45, 7) is 0. The number of anilines is 1. The highest BCUT2D eigenvalue weighted by Gasteiger charge is 2.41. The Labute approximate surface area is 174 Å². The lowest BCUT2D eigenvalue weighted by atomic mass is 9.94. The number of furan rings is 1. The van der Waals surface area contributed by atoms with Gasteiger partial charge in [-0.1, -0.05) is 0 Å². The first-order valence-corrected chi connectivity index (χ1v) is 9.49. The molecule has 1 aliphatic carbocycles. The highest BCUT2D eigenvalue weighted by molar-refractivity contribution is 6.04. The fraction of sp³-hybridized carbons (Fsp3) is 0.136. The van der Waals surface area contributed by atoms with Crippen molar-refractivity contribution >= 4 is 11.6 Å². The van der Waals surface area contributed by atoms with Gasteiger partial charge in [0.2, 0.25) is 0 Å². The maximum absolute atomic E-state index is 13.6. The van der Waals surface area contributed by atoms with Gasteiger partial charge in [0, 0.05) is 41.2 Å². The van der Waals surface area contributed by atoms with Gasteiger partial charge in [-0.25, -0.2) is 4.68 Å². The third-order valence-electron chi connectivity index (χ3n) is 5.17. The predicted molar refractivity (Wildman–Crippen MR) is 106 cm³/mol. The van der Waals surface area contributed by atoms with Crippen LogP contribution in [0.15, 0.2) is 65.5 Å². The van der Waals surface area contributed by atoms with E-state index in [0.717, 1.165) is 0 Å². The molecule has 3 heterocycles. The van der Waals surface area contributed by atoms with E-state index in [1.165, 1.54) is 10.9 Å². The number of benzene rings is 1. The average molecular weight is 424 g/mol. The molecule has 0 fully saturated rings. The van der Waals surface area contributed by atoms with Crippen molar-refractivity contribution in [2.45, 2.75) is 19.0 Å². The molecule has 0 unspecified atom stereocenters. The van der Waals surface area contributed by atoms with Gasteiger partial charge in [0.25, 0.3) is 5.91 Å². The lowest BCUT2D eigenvalue weighted by molar-refractivity contribution is -0.142. The van der Waals surface area contributed by atoms with Gasteiger partial charge in [0.05, 0.1) is 17.6 Å². The van der Waals surface area contributed by atoms with Crippen molar-refractivity contribution in [1.29, 1.82) is 0 Å². The van der Waals surface area contributed by atoms with Gasteiger partial charge in [-0.3, -0.25) is 9.78 Å². The van der Waals surface area contributed by atoms with Crippen LogP contribution in [0, 0.1) is 0 Å². The molecule has 3 aromatic heterocycles. The third-order valence-corrected chi connectivity index (χ3v) is 5.17. The molecule has 1 aliphatic rings. The Morgan fingerprint density at radius 3 is 2.48 bits per heavy atom. The van der Waals surface area contributed by atoms with Gasteiger partial charge in [0.1, 0.15) is 5.76 Å². The monoisotopic (exact) mass is 424 g/mol. The molecule has 5 rings (SSSR count). The van der Waals surface area contributed by atoms with E-state index in [0.29, 0.717) is 40.4 Å². The van der Waals surface area contributed by atoms with Crippen molar-refractivity contribution in [3.8, 4) is 16.9 Å². The van der Waals surface area contributed by atoms with E-state index in [-0.39, 0.29) is 17.9 Å². The summed E-state index contributed by atoms with van der Waals surface area (Å²) >= 11 is 0. The molecule has 0 saturated heterocycles. The van der Waals surface area contributed by atoms with E-state index in [4.69, 9.17) is 4.42 Å². The minimum absolute atomic E-state index is 0.154. The largest absolute Gasteiger partial charge is 0.469 e. The Morgan fingerprint density at radius 2 is 1.77 bits per heavy atom. The quantitative estimate of drug-likeness (QED) is 0.508. The van der Waals surface area contributed by atoms with Crippen molar-refractivity contribution in [3.63, 3.8) is 0 Å². The van der Waals surface area contributed by atoms with Crippen LogP contribution < -0.4 is 5.32 Å². The van der Waals surface area contributed by atoms with Crippen molar-refractivity contribution < 1.29 is 22.4 Å². The summed E-state index contributed by atoms with van der Waals surface area (Å²) in [6, 6.07) is 11.2. The van der Waals surface area contributed by atoms with Crippen molar-refractivity contribution in [3.05, 3.63) is 83.7 Å².